The van der Waals surface area contributed by atoms with E-state index in [1.165, 1.54) is 0 Å². The molecule has 0 aliphatic carbocycles. The van der Waals surface area contributed by atoms with Crippen LogP contribution in [0.3, 0.4) is 0 Å². The molecule has 3 heterocycles. The topological polar surface area (TPSA) is 59.5 Å². The van der Waals surface area contributed by atoms with Crippen molar-refractivity contribution in [3.8, 4) is 17.4 Å². The van der Waals surface area contributed by atoms with Crippen LogP contribution >= 0.6 is 11.3 Å². The molecular weight excluding hydrogens is 348 g/mol. The standard InChI is InChI=1S/C19H20N4O2S/c1-2-4-15(5-3-1)25-16-6-11-26-17(16)14-24-19-13-21-12-18(22-19)23-9-7-20-8-10-23/h1-6,11-13,20H,7-10,14H2. The van der Waals surface area contributed by atoms with Crippen LogP contribution in [0.5, 0.6) is 17.4 Å². The SMILES string of the molecule is c1ccc(Oc2ccsc2COc2cncc(N3CCNCC3)n2)cc1. The Labute approximate surface area is 156 Å². The third-order valence-electron chi connectivity index (χ3n) is 4.07. The normalized spacial score (nSPS) is 14.2. The van der Waals surface area contributed by atoms with E-state index in [0.717, 1.165) is 48.4 Å². The first-order valence-corrected chi connectivity index (χ1v) is 9.46. The second-order valence-corrected chi connectivity index (χ2v) is 6.87. The summed E-state index contributed by atoms with van der Waals surface area (Å²) in [6.07, 6.45) is 3.43. The fourth-order valence-corrected chi connectivity index (χ4v) is 3.44. The van der Waals surface area contributed by atoms with E-state index >= 15 is 0 Å². The highest BCUT2D eigenvalue weighted by molar-refractivity contribution is 7.10. The van der Waals surface area contributed by atoms with E-state index in [1.54, 1.807) is 23.7 Å². The molecule has 6 nitrogen and oxygen atoms in total. The highest BCUT2D eigenvalue weighted by Gasteiger charge is 2.13. The Bertz CT molecular complexity index is 834. The number of hydrogen-bond acceptors (Lipinski definition) is 7. The van der Waals surface area contributed by atoms with Crippen molar-refractivity contribution in [2.24, 2.45) is 0 Å². The summed E-state index contributed by atoms with van der Waals surface area (Å²) in [5.41, 5.74) is 0. The molecule has 0 saturated carbocycles. The van der Waals surface area contributed by atoms with E-state index < -0.39 is 0 Å². The zero-order chi connectivity index (χ0) is 17.6. The Morgan fingerprint density at radius 2 is 1.92 bits per heavy atom. The summed E-state index contributed by atoms with van der Waals surface area (Å²) in [7, 11) is 0. The number of benzene rings is 1. The van der Waals surface area contributed by atoms with Gasteiger partial charge in [-0.05, 0) is 23.6 Å². The first-order valence-electron chi connectivity index (χ1n) is 8.58. The van der Waals surface area contributed by atoms with Gasteiger partial charge in [-0.15, -0.1) is 11.3 Å². The maximum Gasteiger partial charge on any atom is 0.234 e. The molecule has 3 aromatic rings. The fraction of sp³-hybridized carbons (Fsp3) is 0.263. The average molecular weight is 368 g/mol. The van der Waals surface area contributed by atoms with Crippen LogP contribution in [-0.4, -0.2) is 36.1 Å². The Morgan fingerprint density at radius 3 is 2.77 bits per heavy atom. The lowest BCUT2D eigenvalue weighted by Gasteiger charge is -2.28. The molecule has 1 aliphatic heterocycles. The Morgan fingerprint density at radius 1 is 1.08 bits per heavy atom. The molecule has 1 aliphatic rings. The number of ether oxygens (including phenoxy) is 2. The Balaban J connectivity index is 1.41. The molecule has 134 valence electrons. The molecule has 0 amide bonds. The predicted molar refractivity (Wildman–Crippen MR) is 102 cm³/mol. The molecule has 0 atom stereocenters. The average Bonchev–Trinajstić information content (AvgIpc) is 3.15. The van der Waals surface area contributed by atoms with Crippen molar-refractivity contribution in [3.05, 3.63) is 59.0 Å². The molecule has 0 unspecified atom stereocenters. The van der Waals surface area contributed by atoms with Gasteiger partial charge in [0.15, 0.2) is 5.82 Å². The van der Waals surface area contributed by atoms with E-state index in [-0.39, 0.29) is 0 Å². The van der Waals surface area contributed by atoms with Gasteiger partial charge in [0.1, 0.15) is 18.1 Å². The summed E-state index contributed by atoms with van der Waals surface area (Å²) in [5, 5.41) is 5.34. The summed E-state index contributed by atoms with van der Waals surface area (Å²) in [4.78, 5) is 12.1. The van der Waals surface area contributed by atoms with Gasteiger partial charge in [0.05, 0.1) is 17.3 Å². The van der Waals surface area contributed by atoms with Crippen molar-refractivity contribution < 1.29 is 9.47 Å². The number of nitrogens with one attached hydrogen (secondary N) is 1. The van der Waals surface area contributed by atoms with Crippen molar-refractivity contribution in [3.63, 3.8) is 0 Å². The first kappa shape index (κ1) is 16.8. The van der Waals surface area contributed by atoms with Crippen LogP contribution in [0.2, 0.25) is 0 Å². The lowest BCUT2D eigenvalue weighted by molar-refractivity contribution is 0.291. The molecule has 26 heavy (non-hydrogen) atoms. The van der Waals surface area contributed by atoms with Crippen LogP contribution < -0.4 is 19.7 Å². The first-order chi connectivity index (χ1) is 12.9. The van der Waals surface area contributed by atoms with Gasteiger partial charge < -0.3 is 19.7 Å². The minimum Gasteiger partial charge on any atom is -0.471 e. The number of thiophene rings is 1. The smallest absolute Gasteiger partial charge is 0.234 e. The van der Waals surface area contributed by atoms with Crippen LogP contribution in [-0.2, 0) is 6.61 Å². The van der Waals surface area contributed by atoms with Crippen molar-refractivity contribution in [1.82, 2.24) is 15.3 Å². The monoisotopic (exact) mass is 368 g/mol. The molecule has 1 fully saturated rings. The van der Waals surface area contributed by atoms with Crippen molar-refractivity contribution in [2.45, 2.75) is 6.61 Å². The maximum absolute atomic E-state index is 5.94. The number of nitrogens with zero attached hydrogens (tertiary/aromatic N) is 3. The zero-order valence-corrected chi connectivity index (χ0v) is 15.1. The van der Waals surface area contributed by atoms with Crippen LogP contribution in [0.1, 0.15) is 4.88 Å². The van der Waals surface area contributed by atoms with Gasteiger partial charge in [-0.25, -0.2) is 0 Å². The van der Waals surface area contributed by atoms with Crippen LogP contribution in [0, 0.1) is 0 Å². The van der Waals surface area contributed by atoms with E-state index in [9.17, 15) is 0 Å². The molecule has 0 spiro atoms. The van der Waals surface area contributed by atoms with Crippen LogP contribution in [0.15, 0.2) is 54.2 Å². The molecule has 1 saturated heterocycles. The summed E-state index contributed by atoms with van der Waals surface area (Å²) in [5.74, 6) is 3.01. The molecule has 1 N–H and O–H groups in total. The lowest BCUT2D eigenvalue weighted by atomic mass is 10.3. The highest BCUT2D eigenvalue weighted by Crippen LogP contribution is 2.30. The number of hydrogen-bond donors (Lipinski definition) is 1. The lowest BCUT2D eigenvalue weighted by Crippen LogP contribution is -2.43. The summed E-state index contributed by atoms with van der Waals surface area (Å²) in [6, 6.07) is 11.7. The minimum atomic E-state index is 0.402. The Kier molecular flexibility index (Phi) is 5.27. The van der Waals surface area contributed by atoms with Crippen molar-refractivity contribution >= 4 is 17.2 Å². The van der Waals surface area contributed by atoms with E-state index in [0.29, 0.717) is 12.5 Å². The van der Waals surface area contributed by atoms with Gasteiger partial charge in [0.25, 0.3) is 0 Å². The summed E-state index contributed by atoms with van der Waals surface area (Å²) >= 11 is 1.60. The number of para-hydroxylation sites is 1. The quantitative estimate of drug-likeness (QED) is 0.720. The van der Waals surface area contributed by atoms with Gasteiger partial charge in [-0.2, -0.15) is 4.98 Å². The molecule has 0 bridgehead atoms. The molecule has 1 aromatic carbocycles. The largest absolute Gasteiger partial charge is 0.471 e. The maximum atomic E-state index is 5.94. The molecule has 2 aromatic heterocycles. The van der Waals surface area contributed by atoms with Gasteiger partial charge in [0, 0.05) is 26.2 Å². The van der Waals surface area contributed by atoms with Crippen molar-refractivity contribution in [1.29, 1.82) is 0 Å². The van der Waals surface area contributed by atoms with E-state index in [2.05, 4.69) is 20.2 Å². The van der Waals surface area contributed by atoms with Crippen molar-refractivity contribution in [2.75, 3.05) is 31.1 Å². The predicted octanol–water partition coefficient (Wildman–Crippen LogP) is 3.32. The molecule has 4 rings (SSSR count). The molecule has 7 heteroatoms. The summed E-state index contributed by atoms with van der Waals surface area (Å²) in [6.45, 7) is 4.18. The van der Waals surface area contributed by atoms with Crippen LogP contribution in [0.4, 0.5) is 5.82 Å². The van der Waals surface area contributed by atoms with Gasteiger partial charge in [0.2, 0.25) is 5.88 Å². The van der Waals surface area contributed by atoms with Gasteiger partial charge in [-0.3, -0.25) is 4.98 Å². The number of anilines is 1. The highest BCUT2D eigenvalue weighted by atomic mass is 32.1. The van der Waals surface area contributed by atoms with E-state index in [1.807, 2.05) is 41.8 Å². The molecular formula is C19H20N4O2S. The number of rotatable bonds is 6. The number of aromatic nitrogens is 2. The Hall–Kier alpha value is -2.64. The van der Waals surface area contributed by atoms with Gasteiger partial charge in [-0.1, -0.05) is 18.2 Å². The minimum absolute atomic E-state index is 0.402. The fourth-order valence-electron chi connectivity index (χ4n) is 2.73. The third kappa shape index (κ3) is 4.12. The second-order valence-electron chi connectivity index (χ2n) is 5.86. The summed E-state index contributed by atoms with van der Waals surface area (Å²) < 4.78 is 11.8. The molecule has 0 radical (unpaired) electrons. The zero-order valence-electron chi connectivity index (χ0n) is 14.3. The van der Waals surface area contributed by atoms with Gasteiger partial charge >= 0.3 is 0 Å². The second kappa shape index (κ2) is 8.16. The van der Waals surface area contributed by atoms with Crippen LogP contribution in [0.25, 0.3) is 0 Å². The van der Waals surface area contributed by atoms with E-state index in [4.69, 9.17) is 9.47 Å². The third-order valence-corrected chi connectivity index (χ3v) is 4.94. The number of piperazine rings is 1.